The van der Waals surface area contributed by atoms with E-state index in [2.05, 4.69) is 10.6 Å². The zero-order valence-corrected chi connectivity index (χ0v) is 11.6. The number of hydrogen-bond donors (Lipinski definition) is 3. The number of hydrogen-bond acceptors (Lipinski definition) is 3. The Kier molecular flexibility index (Phi) is 4.67. The van der Waals surface area contributed by atoms with Gasteiger partial charge in [0.1, 0.15) is 5.75 Å². The van der Waals surface area contributed by atoms with Crippen molar-refractivity contribution in [2.24, 2.45) is 0 Å². The molecule has 0 fully saturated rings. The average molecular weight is 266 g/mol. The van der Waals surface area contributed by atoms with Crippen molar-refractivity contribution in [2.45, 2.75) is 32.7 Å². The van der Waals surface area contributed by atoms with Crippen LogP contribution in [0.3, 0.4) is 0 Å². The van der Waals surface area contributed by atoms with Crippen LogP contribution in [0.4, 0.5) is 0 Å². The Morgan fingerprint density at radius 3 is 2.50 bits per heavy atom. The van der Waals surface area contributed by atoms with Crippen molar-refractivity contribution >= 4 is 23.2 Å². The smallest absolute Gasteiger partial charge is 0.230 e. The molecule has 3 N–H and O–H groups in total. The molecule has 0 saturated heterocycles. The van der Waals surface area contributed by atoms with Gasteiger partial charge in [-0.05, 0) is 39.1 Å². The molecular weight excluding hydrogens is 248 g/mol. The fraction of sp³-hybridized carbons (Fsp3) is 0.385. The summed E-state index contributed by atoms with van der Waals surface area (Å²) >= 11 is 5.02. The van der Waals surface area contributed by atoms with E-state index in [1.807, 2.05) is 20.8 Å². The van der Waals surface area contributed by atoms with Gasteiger partial charge in [-0.25, -0.2) is 0 Å². The standard InChI is InChI=1S/C13H18N2O2S/c1-13(2,3)15-12(18)14-11(17)8-9-6-4-5-7-10(9)16/h4-7,16H,8H2,1-3H3,(H2,14,15,17,18). The lowest BCUT2D eigenvalue weighted by Crippen LogP contribution is -2.48. The van der Waals surface area contributed by atoms with Crippen molar-refractivity contribution in [3.05, 3.63) is 29.8 Å². The van der Waals surface area contributed by atoms with E-state index in [0.29, 0.717) is 10.7 Å². The number of rotatable bonds is 2. The number of phenolic OH excluding ortho intramolecular Hbond substituents is 1. The van der Waals surface area contributed by atoms with Crippen LogP contribution in [0.2, 0.25) is 0 Å². The van der Waals surface area contributed by atoms with E-state index in [-0.39, 0.29) is 23.6 Å². The van der Waals surface area contributed by atoms with Gasteiger partial charge in [-0.1, -0.05) is 18.2 Å². The first-order valence-electron chi connectivity index (χ1n) is 5.67. The highest BCUT2D eigenvalue weighted by Gasteiger charge is 2.13. The summed E-state index contributed by atoms with van der Waals surface area (Å²) in [6.45, 7) is 5.86. The van der Waals surface area contributed by atoms with Crippen LogP contribution in [-0.4, -0.2) is 21.7 Å². The molecule has 4 nitrogen and oxygen atoms in total. The quantitative estimate of drug-likeness (QED) is 0.713. The first-order chi connectivity index (χ1) is 8.28. The van der Waals surface area contributed by atoms with Gasteiger partial charge >= 0.3 is 0 Å². The maximum absolute atomic E-state index is 11.7. The number of thiocarbonyl (C=S) groups is 1. The molecule has 0 saturated carbocycles. The van der Waals surface area contributed by atoms with Gasteiger partial charge in [0.2, 0.25) is 5.91 Å². The summed E-state index contributed by atoms with van der Waals surface area (Å²) in [5.41, 5.74) is 0.382. The molecule has 98 valence electrons. The van der Waals surface area contributed by atoms with Crippen LogP contribution in [0.5, 0.6) is 5.75 Å². The second-order valence-corrected chi connectivity index (χ2v) is 5.47. The maximum atomic E-state index is 11.7. The molecule has 0 aliphatic rings. The second-order valence-electron chi connectivity index (χ2n) is 5.06. The largest absolute Gasteiger partial charge is 0.508 e. The molecule has 0 spiro atoms. The third-order valence-electron chi connectivity index (χ3n) is 2.08. The zero-order chi connectivity index (χ0) is 13.8. The lowest BCUT2D eigenvalue weighted by molar-refractivity contribution is -0.119. The molecule has 0 bridgehead atoms. The minimum atomic E-state index is -0.252. The van der Waals surface area contributed by atoms with Crippen molar-refractivity contribution in [3.8, 4) is 5.75 Å². The third-order valence-corrected chi connectivity index (χ3v) is 2.29. The minimum absolute atomic E-state index is 0.0959. The van der Waals surface area contributed by atoms with Gasteiger partial charge in [0, 0.05) is 11.1 Å². The Bertz CT molecular complexity index is 453. The number of carbonyl (C=O) groups is 1. The van der Waals surface area contributed by atoms with E-state index in [4.69, 9.17) is 12.2 Å². The van der Waals surface area contributed by atoms with E-state index in [1.54, 1.807) is 24.3 Å². The van der Waals surface area contributed by atoms with Gasteiger partial charge in [0.15, 0.2) is 5.11 Å². The molecular formula is C13H18N2O2S. The molecule has 1 rings (SSSR count). The van der Waals surface area contributed by atoms with E-state index in [1.165, 1.54) is 0 Å². The molecule has 0 aromatic heterocycles. The Morgan fingerprint density at radius 2 is 1.94 bits per heavy atom. The lowest BCUT2D eigenvalue weighted by atomic mass is 10.1. The molecule has 18 heavy (non-hydrogen) atoms. The summed E-state index contributed by atoms with van der Waals surface area (Å²) in [6, 6.07) is 6.74. The van der Waals surface area contributed by atoms with Gasteiger partial charge in [-0.15, -0.1) is 0 Å². The lowest BCUT2D eigenvalue weighted by Gasteiger charge is -2.22. The first kappa shape index (κ1) is 14.4. The number of aromatic hydroxyl groups is 1. The van der Waals surface area contributed by atoms with Crippen LogP contribution in [0, 0.1) is 0 Å². The van der Waals surface area contributed by atoms with Crippen molar-refractivity contribution in [1.29, 1.82) is 0 Å². The van der Waals surface area contributed by atoms with E-state index in [0.717, 1.165) is 0 Å². The molecule has 5 heteroatoms. The topological polar surface area (TPSA) is 61.4 Å². The van der Waals surface area contributed by atoms with E-state index in [9.17, 15) is 9.90 Å². The summed E-state index contributed by atoms with van der Waals surface area (Å²) in [5.74, 6) is -0.138. The number of benzene rings is 1. The number of carbonyl (C=O) groups excluding carboxylic acids is 1. The predicted molar refractivity (Wildman–Crippen MR) is 75.4 cm³/mol. The Balaban J connectivity index is 2.53. The summed E-state index contributed by atoms with van der Waals surface area (Å²) < 4.78 is 0. The average Bonchev–Trinajstić information content (AvgIpc) is 2.18. The zero-order valence-electron chi connectivity index (χ0n) is 10.8. The summed E-state index contributed by atoms with van der Waals surface area (Å²) in [7, 11) is 0. The fourth-order valence-corrected chi connectivity index (χ4v) is 1.80. The van der Waals surface area contributed by atoms with Crippen LogP contribution in [-0.2, 0) is 11.2 Å². The van der Waals surface area contributed by atoms with Crippen molar-refractivity contribution in [2.75, 3.05) is 0 Å². The Hall–Kier alpha value is -1.62. The number of amides is 1. The van der Waals surface area contributed by atoms with Gasteiger partial charge in [-0.2, -0.15) is 0 Å². The van der Waals surface area contributed by atoms with E-state index >= 15 is 0 Å². The molecule has 0 heterocycles. The molecule has 1 amide bonds. The molecule has 1 aromatic carbocycles. The molecule has 0 unspecified atom stereocenters. The van der Waals surface area contributed by atoms with Gasteiger partial charge in [0.05, 0.1) is 6.42 Å². The van der Waals surface area contributed by atoms with Crippen molar-refractivity contribution in [1.82, 2.24) is 10.6 Å². The minimum Gasteiger partial charge on any atom is -0.508 e. The predicted octanol–water partition coefficient (Wildman–Crippen LogP) is 1.72. The molecule has 0 aliphatic heterocycles. The highest BCUT2D eigenvalue weighted by molar-refractivity contribution is 7.80. The molecule has 0 radical (unpaired) electrons. The van der Waals surface area contributed by atoms with Crippen molar-refractivity contribution in [3.63, 3.8) is 0 Å². The van der Waals surface area contributed by atoms with Gasteiger partial charge in [-0.3, -0.25) is 4.79 Å². The van der Waals surface area contributed by atoms with E-state index < -0.39 is 0 Å². The van der Waals surface area contributed by atoms with Crippen LogP contribution in [0.25, 0.3) is 0 Å². The summed E-state index contributed by atoms with van der Waals surface area (Å²) in [4.78, 5) is 11.7. The maximum Gasteiger partial charge on any atom is 0.230 e. The SMILES string of the molecule is CC(C)(C)NC(=S)NC(=O)Cc1ccccc1O. The second kappa shape index (κ2) is 5.82. The van der Waals surface area contributed by atoms with Crippen LogP contribution in [0.15, 0.2) is 24.3 Å². The Morgan fingerprint density at radius 1 is 1.33 bits per heavy atom. The molecule has 0 aliphatic carbocycles. The highest BCUT2D eigenvalue weighted by Crippen LogP contribution is 2.15. The highest BCUT2D eigenvalue weighted by atomic mass is 32.1. The van der Waals surface area contributed by atoms with Crippen LogP contribution >= 0.6 is 12.2 Å². The van der Waals surface area contributed by atoms with Gasteiger partial charge in [0.25, 0.3) is 0 Å². The molecule has 1 aromatic rings. The van der Waals surface area contributed by atoms with Crippen LogP contribution in [0.1, 0.15) is 26.3 Å². The summed E-state index contributed by atoms with van der Waals surface area (Å²) in [6.07, 6.45) is 0.0959. The number of nitrogens with one attached hydrogen (secondary N) is 2. The summed E-state index contributed by atoms with van der Waals surface area (Å²) in [5, 5.41) is 15.4. The normalized spacial score (nSPS) is 10.8. The first-order valence-corrected chi connectivity index (χ1v) is 6.07. The molecule has 0 atom stereocenters. The van der Waals surface area contributed by atoms with Crippen LogP contribution < -0.4 is 10.6 Å². The van der Waals surface area contributed by atoms with Gasteiger partial charge < -0.3 is 15.7 Å². The monoisotopic (exact) mass is 266 g/mol. The number of para-hydroxylation sites is 1. The fourth-order valence-electron chi connectivity index (χ4n) is 1.38. The number of phenols is 1. The Labute approximate surface area is 112 Å². The third kappa shape index (κ3) is 5.14. The van der Waals surface area contributed by atoms with Crippen molar-refractivity contribution < 1.29 is 9.90 Å².